The maximum absolute atomic E-state index is 11.7. The van der Waals surface area contributed by atoms with E-state index in [0.29, 0.717) is 9.30 Å². The fourth-order valence-electron chi connectivity index (χ4n) is 1.26. The van der Waals surface area contributed by atoms with Gasteiger partial charge in [0, 0.05) is 6.20 Å². The van der Waals surface area contributed by atoms with E-state index in [1.807, 2.05) is 0 Å². The molecule has 2 heterocycles. The normalized spacial score (nSPS) is 10.8. The molecule has 2 aromatic rings. The highest BCUT2D eigenvalue weighted by atomic mass is 35.5. The molecule has 0 aliphatic heterocycles. The Labute approximate surface area is 92.6 Å². The second kappa shape index (κ2) is 3.32. The van der Waals surface area contributed by atoms with Gasteiger partial charge in [0.15, 0.2) is 4.96 Å². The topological polar surface area (TPSA) is 71.7 Å². The predicted octanol–water partition coefficient (Wildman–Crippen LogP) is 1.42. The van der Waals surface area contributed by atoms with Crippen LogP contribution in [-0.2, 0) is 0 Å². The van der Waals surface area contributed by atoms with Crippen LogP contribution in [-0.4, -0.2) is 20.5 Å². The van der Waals surface area contributed by atoms with E-state index in [4.69, 9.17) is 16.7 Å². The molecule has 15 heavy (non-hydrogen) atoms. The molecule has 0 bridgehead atoms. The molecule has 0 fully saturated rings. The summed E-state index contributed by atoms with van der Waals surface area (Å²) in [6.07, 6.45) is 1.36. The molecule has 5 nitrogen and oxygen atoms in total. The number of thiazole rings is 1. The Morgan fingerprint density at radius 1 is 1.67 bits per heavy atom. The van der Waals surface area contributed by atoms with E-state index < -0.39 is 11.5 Å². The van der Waals surface area contributed by atoms with Crippen molar-refractivity contribution in [3.63, 3.8) is 0 Å². The molecule has 78 valence electrons. The maximum atomic E-state index is 11.7. The minimum absolute atomic E-state index is 0.200. The number of carbonyl (C=O) groups is 1. The molecule has 0 saturated heterocycles. The number of hydrogen-bond acceptors (Lipinski definition) is 4. The summed E-state index contributed by atoms with van der Waals surface area (Å²) < 4.78 is 1.53. The minimum atomic E-state index is -1.28. The SMILES string of the molecule is Cc1nc2sc(Cl)cn2c(=O)c1C(=O)O. The molecule has 0 aliphatic carbocycles. The Kier molecular flexibility index (Phi) is 2.24. The van der Waals surface area contributed by atoms with Crippen LogP contribution >= 0.6 is 22.9 Å². The molecule has 0 radical (unpaired) electrons. The zero-order valence-corrected chi connectivity index (χ0v) is 9.09. The van der Waals surface area contributed by atoms with Crippen LogP contribution in [0.15, 0.2) is 11.0 Å². The summed E-state index contributed by atoms with van der Waals surface area (Å²) in [5.41, 5.74) is -0.721. The Morgan fingerprint density at radius 3 is 2.93 bits per heavy atom. The quantitative estimate of drug-likeness (QED) is 0.823. The first kappa shape index (κ1) is 10.1. The van der Waals surface area contributed by atoms with Crippen LogP contribution in [0.4, 0.5) is 0 Å². The molecule has 0 aliphatic rings. The second-order valence-corrected chi connectivity index (χ2v) is 4.51. The van der Waals surface area contributed by atoms with Gasteiger partial charge in [-0.1, -0.05) is 22.9 Å². The number of rotatable bonds is 1. The molecule has 7 heteroatoms. The molecule has 2 rings (SSSR count). The van der Waals surface area contributed by atoms with E-state index in [9.17, 15) is 9.59 Å². The molecule has 0 amide bonds. The molecular weight excluding hydrogens is 240 g/mol. The lowest BCUT2D eigenvalue weighted by Gasteiger charge is -1.99. The van der Waals surface area contributed by atoms with Crippen LogP contribution in [0.25, 0.3) is 4.96 Å². The summed E-state index contributed by atoms with van der Waals surface area (Å²) in [5.74, 6) is -1.28. The zero-order chi connectivity index (χ0) is 11.2. The summed E-state index contributed by atoms with van der Waals surface area (Å²) >= 11 is 6.84. The first-order valence-electron chi connectivity index (χ1n) is 3.92. The Morgan fingerprint density at radius 2 is 2.33 bits per heavy atom. The predicted molar refractivity (Wildman–Crippen MR) is 56.0 cm³/mol. The molecule has 1 N–H and O–H groups in total. The van der Waals surface area contributed by atoms with Crippen molar-refractivity contribution in [2.45, 2.75) is 6.92 Å². The smallest absolute Gasteiger partial charge is 0.343 e. The molecule has 0 unspecified atom stereocenters. The number of aryl methyl sites for hydroxylation is 1. The Balaban J connectivity index is 2.96. The van der Waals surface area contributed by atoms with Crippen molar-refractivity contribution in [1.82, 2.24) is 9.38 Å². The first-order chi connectivity index (χ1) is 7.00. The van der Waals surface area contributed by atoms with Gasteiger partial charge in [0.1, 0.15) is 9.90 Å². The fraction of sp³-hybridized carbons (Fsp3) is 0.125. The van der Waals surface area contributed by atoms with Crippen molar-refractivity contribution in [2.24, 2.45) is 0 Å². The molecule has 0 atom stereocenters. The number of fused-ring (bicyclic) bond motifs is 1. The van der Waals surface area contributed by atoms with E-state index >= 15 is 0 Å². The summed E-state index contributed by atoms with van der Waals surface area (Å²) in [7, 11) is 0. The standard InChI is InChI=1S/C8H5ClN2O3S/c1-3-5(7(13)14)6(12)11-2-4(9)15-8(11)10-3/h2H,1H3,(H,13,14). The summed E-state index contributed by atoms with van der Waals surface area (Å²) in [6, 6.07) is 0. The summed E-state index contributed by atoms with van der Waals surface area (Å²) in [5, 5.41) is 8.83. The highest BCUT2D eigenvalue weighted by Gasteiger charge is 2.17. The number of halogens is 1. The van der Waals surface area contributed by atoms with Crippen LogP contribution in [0, 0.1) is 6.92 Å². The third-order valence-corrected chi connectivity index (χ3v) is 3.00. The lowest BCUT2D eigenvalue weighted by Crippen LogP contribution is -2.23. The van der Waals surface area contributed by atoms with Gasteiger partial charge >= 0.3 is 5.97 Å². The summed E-state index contributed by atoms with van der Waals surface area (Å²) in [6.45, 7) is 1.48. The minimum Gasteiger partial charge on any atom is -0.477 e. The number of carboxylic acid groups (broad SMARTS) is 1. The number of aromatic carboxylic acids is 1. The lowest BCUT2D eigenvalue weighted by atomic mass is 10.2. The van der Waals surface area contributed by atoms with Crippen LogP contribution in [0.1, 0.15) is 16.1 Å². The van der Waals surface area contributed by atoms with Crippen LogP contribution < -0.4 is 5.56 Å². The van der Waals surface area contributed by atoms with E-state index in [2.05, 4.69) is 4.98 Å². The average Bonchev–Trinajstić information content (AvgIpc) is 2.45. The van der Waals surface area contributed by atoms with Gasteiger partial charge in [-0.05, 0) is 6.92 Å². The van der Waals surface area contributed by atoms with Crippen molar-refractivity contribution in [3.05, 3.63) is 32.1 Å². The van der Waals surface area contributed by atoms with Crippen molar-refractivity contribution in [3.8, 4) is 0 Å². The fourth-order valence-corrected chi connectivity index (χ4v) is 2.32. The van der Waals surface area contributed by atoms with E-state index in [1.54, 1.807) is 0 Å². The van der Waals surface area contributed by atoms with Crippen molar-refractivity contribution in [1.29, 1.82) is 0 Å². The van der Waals surface area contributed by atoms with Crippen molar-refractivity contribution in [2.75, 3.05) is 0 Å². The van der Waals surface area contributed by atoms with Gasteiger partial charge in [-0.25, -0.2) is 9.78 Å². The van der Waals surface area contributed by atoms with Crippen LogP contribution in [0.2, 0.25) is 4.34 Å². The maximum Gasteiger partial charge on any atom is 0.343 e. The molecular formula is C8H5ClN2O3S. The molecule has 0 spiro atoms. The first-order valence-corrected chi connectivity index (χ1v) is 5.11. The van der Waals surface area contributed by atoms with E-state index in [0.717, 1.165) is 15.7 Å². The van der Waals surface area contributed by atoms with Crippen molar-refractivity contribution < 1.29 is 9.90 Å². The van der Waals surface area contributed by atoms with Gasteiger partial charge < -0.3 is 5.11 Å². The van der Waals surface area contributed by atoms with E-state index in [-0.39, 0.29) is 11.3 Å². The summed E-state index contributed by atoms with van der Waals surface area (Å²) in [4.78, 5) is 26.9. The zero-order valence-electron chi connectivity index (χ0n) is 7.52. The van der Waals surface area contributed by atoms with Gasteiger partial charge in [-0.2, -0.15) is 0 Å². The highest BCUT2D eigenvalue weighted by Crippen LogP contribution is 2.20. The average molecular weight is 245 g/mol. The van der Waals surface area contributed by atoms with E-state index in [1.165, 1.54) is 13.1 Å². The molecule has 0 aromatic carbocycles. The number of carboxylic acids is 1. The largest absolute Gasteiger partial charge is 0.477 e. The van der Waals surface area contributed by atoms with Crippen LogP contribution in [0.5, 0.6) is 0 Å². The Hall–Kier alpha value is -1.40. The number of hydrogen-bond donors (Lipinski definition) is 1. The highest BCUT2D eigenvalue weighted by molar-refractivity contribution is 7.20. The molecule has 2 aromatic heterocycles. The van der Waals surface area contributed by atoms with Crippen molar-refractivity contribution >= 4 is 33.9 Å². The number of nitrogens with zero attached hydrogens (tertiary/aromatic N) is 2. The van der Waals surface area contributed by atoms with Crippen LogP contribution in [0.3, 0.4) is 0 Å². The van der Waals surface area contributed by atoms with Gasteiger partial charge in [-0.15, -0.1) is 0 Å². The second-order valence-electron chi connectivity index (χ2n) is 2.87. The van der Waals surface area contributed by atoms with Gasteiger partial charge in [-0.3, -0.25) is 9.20 Å². The number of aromatic nitrogens is 2. The monoisotopic (exact) mass is 244 g/mol. The third kappa shape index (κ3) is 1.51. The van der Waals surface area contributed by atoms with Gasteiger partial charge in [0.05, 0.1) is 5.69 Å². The lowest BCUT2D eigenvalue weighted by molar-refractivity contribution is 0.0693. The third-order valence-electron chi connectivity index (χ3n) is 1.90. The van der Waals surface area contributed by atoms with Gasteiger partial charge in [0.2, 0.25) is 0 Å². The van der Waals surface area contributed by atoms with Gasteiger partial charge in [0.25, 0.3) is 5.56 Å². The Bertz CT molecular complexity index is 616. The molecule has 0 saturated carbocycles.